The topological polar surface area (TPSA) is 98.1 Å². The zero-order valence-corrected chi connectivity index (χ0v) is 14.4. The second kappa shape index (κ2) is 10.1. The van der Waals surface area contributed by atoms with E-state index in [0.717, 1.165) is 6.07 Å². The van der Waals surface area contributed by atoms with Gasteiger partial charge in [0.15, 0.2) is 0 Å². The number of esters is 1. The van der Waals surface area contributed by atoms with E-state index in [4.69, 9.17) is 5.73 Å². The van der Waals surface area contributed by atoms with E-state index in [-0.39, 0.29) is 37.5 Å². The summed E-state index contributed by atoms with van der Waals surface area (Å²) >= 11 is 0. The van der Waals surface area contributed by atoms with Crippen molar-refractivity contribution < 1.29 is 18.3 Å². The standard InChI is InChI=1S/C9H7FN2O.C9H10FNO2.2CH4/c1-5-2-6-8(3-7(5)10)11-4-12-9(6)13;1-5-3-6(9(12)13-2)8(11)4-7(5)10;;/h2-4H,1H3,(H,11,12,13);3-4H,11H2,1-2H3;2*1H4. The van der Waals surface area contributed by atoms with Crippen LogP contribution in [0.25, 0.3) is 10.9 Å². The van der Waals surface area contributed by atoms with Crippen molar-refractivity contribution in [3.05, 3.63) is 69.3 Å². The van der Waals surface area contributed by atoms with Crippen LogP contribution < -0.4 is 11.3 Å². The average molecular weight is 393 g/mol. The number of ether oxygens (including phenoxy) is 1. The Kier molecular flexibility index (Phi) is 8.96. The highest BCUT2D eigenvalue weighted by Gasteiger charge is 2.12. The molecule has 0 amide bonds. The Morgan fingerprint density at radius 1 is 1.07 bits per heavy atom. The molecule has 0 aliphatic rings. The monoisotopic (exact) mass is 393 g/mol. The Hall–Kier alpha value is -3.29. The predicted molar refractivity (Wildman–Crippen MR) is 107 cm³/mol. The molecule has 6 nitrogen and oxygen atoms in total. The van der Waals surface area contributed by atoms with E-state index in [1.807, 2.05) is 0 Å². The van der Waals surface area contributed by atoms with Crippen LogP contribution in [0.3, 0.4) is 0 Å². The van der Waals surface area contributed by atoms with E-state index >= 15 is 0 Å². The minimum absolute atomic E-state index is 0. The molecule has 0 aliphatic carbocycles. The Morgan fingerprint density at radius 2 is 1.64 bits per heavy atom. The van der Waals surface area contributed by atoms with Crippen molar-refractivity contribution in [2.24, 2.45) is 0 Å². The fraction of sp³-hybridized carbons (Fsp3) is 0.250. The summed E-state index contributed by atoms with van der Waals surface area (Å²) in [4.78, 5) is 28.6. The van der Waals surface area contributed by atoms with Crippen LogP contribution in [0.1, 0.15) is 36.3 Å². The van der Waals surface area contributed by atoms with Gasteiger partial charge in [-0.05, 0) is 43.2 Å². The fourth-order valence-electron chi connectivity index (χ4n) is 2.18. The van der Waals surface area contributed by atoms with Crippen molar-refractivity contribution in [1.29, 1.82) is 0 Å². The Morgan fingerprint density at radius 3 is 2.25 bits per heavy atom. The minimum Gasteiger partial charge on any atom is -0.465 e. The number of aromatic amines is 1. The number of fused-ring (bicyclic) bond motifs is 1. The Bertz CT molecular complexity index is 1030. The molecule has 0 spiro atoms. The highest BCUT2D eigenvalue weighted by atomic mass is 19.1. The maximum Gasteiger partial charge on any atom is 0.339 e. The van der Waals surface area contributed by atoms with Gasteiger partial charge in [-0.1, -0.05) is 14.9 Å². The Labute approximate surface area is 162 Å². The highest BCUT2D eigenvalue weighted by molar-refractivity contribution is 5.95. The van der Waals surface area contributed by atoms with Gasteiger partial charge in [0, 0.05) is 11.8 Å². The summed E-state index contributed by atoms with van der Waals surface area (Å²) in [6, 6.07) is 5.24. The lowest BCUT2D eigenvalue weighted by atomic mass is 10.1. The van der Waals surface area contributed by atoms with Gasteiger partial charge < -0.3 is 15.5 Å². The largest absolute Gasteiger partial charge is 0.465 e. The minimum atomic E-state index is -0.555. The summed E-state index contributed by atoms with van der Waals surface area (Å²) < 4.78 is 30.4. The van der Waals surface area contributed by atoms with Crippen molar-refractivity contribution in [2.45, 2.75) is 28.7 Å². The van der Waals surface area contributed by atoms with Gasteiger partial charge >= 0.3 is 5.97 Å². The van der Waals surface area contributed by atoms with Gasteiger partial charge in [0.2, 0.25) is 0 Å². The maximum absolute atomic E-state index is 13.0. The number of hydrogen-bond donors (Lipinski definition) is 2. The van der Waals surface area contributed by atoms with Gasteiger partial charge in [-0.15, -0.1) is 0 Å². The lowest BCUT2D eigenvalue weighted by Gasteiger charge is -2.05. The average Bonchev–Trinajstić information content (AvgIpc) is 2.60. The molecule has 1 heterocycles. The van der Waals surface area contributed by atoms with Crippen LogP contribution in [-0.2, 0) is 4.74 Å². The summed E-state index contributed by atoms with van der Waals surface area (Å²) in [6.45, 7) is 3.17. The van der Waals surface area contributed by atoms with E-state index in [2.05, 4.69) is 14.7 Å². The third-order valence-electron chi connectivity index (χ3n) is 3.66. The normalized spacial score (nSPS) is 9.46. The predicted octanol–water partition coefficient (Wildman–Crippen LogP) is 4.15. The number of benzene rings is 2. The molecule has 152 valence electrons. The number of H-pyrrole nitrogens is 1. The number of nitrogen functional groups attached to an aromatic ring is 1. The molecule has 0 atom stereocenters. The molecule has 0 radical (unpaired) electrons. The van der Waals surface area contributed by atoms with Crippen LogP contribution in [0, 0.1) is 25.5 Å². The summed E-state index contributed by atoms with van der Waals surface area (Å²) in [5, 5.41) is 0.418. The number of aromatic nitrogens is 2. The molecule has 3 rings (SSSR count). The van der Waals surface area contributed by atoms with E-state index < -0.39 is 11.8 Å². The number of carbonyl (C=O) groups is 1. The maximum atomic E-state index is 13.0. The number of halogens is 2. The van der Waals surface area contributed by atoms with E-state index in [9.17, 15) is 18.4 Å². The molecule has 0 unspecified atom stereocenters. The van der Waals surface area contributed by atoms with Gasteiger partial charge in [0.1, 0.15) is 11.6 Å². The fourth-order valence-corrected chi connectivity index (χ4v) is 2.18. The van der Waals surface area contributed by atoms with Crippen LogP contribution in [0.5, 0.6) is 0 Å². The number of anilines is 1. The number of methoxy groups -OCH3 is 1. The SMILES string of the molecule is C.C.COC(=O)c1cc(C)c(F)cc1N.Cc1cc2c(=O)[nH]cnc2cc1F. The molecule has 3 N–H and O–H groups in total. The first-order chi connectivity index (χ1) is 12.2. The number of nitrogens with zero attached hydrogens (tertiary/aromatic N) is 1. The molecule has 2 aromatic carbocycles. The number of nitrogens with one attached hydrogen (secondary N) is 1. The molecule has 0 fully saturated rings. The van der Waals surface area contributed by atoms with Crippen LogP contribution >= 0.6 is 0 Å². The summed E-state index contributed by atoms with van der Waals surface area (Å²) in [6.07, 6.45) is 1.26. The summed E-state index contributed by atoms with van der Waals surface area (Å²) in [5.74, 6) is -1.32. The van der Waals surface area contributed by atoms with Crippen molar-refractivity contribution >= 4 is 22.6 Å². The van der Waals surface area contributed by atoms with Gasteiger partial charge in [-0.25, -0.2) is 18.6 Å². The van der Waals surface area contributed by atoms with Gasteiger partial charge in [-0.3, -0.25) is 4.79 Å². The molecule has 0 saturated heterocycles. The molecule has 3 aromatic rings. The molecular formula is C20H25F2N3O3. The zero-order chi connectivity index (χ0) is 19.4. The number of nitrogens with two attached hydrogens (primary N) is 1. The molecule has 1 aromatic heterocycles. The first-order valence-corrected chi connectivity index (χ1v) is 7.52. The zero-order valence-electron chi connectivity index (χ0n) is 14.4. The summed E-state index contributed by atoms with van der Waals surface area (Å²) in [5.41, 5.74) is 6.67. The molecular weight excluding hydrogens is 368 g/mol. The first kappa shape index (κ1) is 24.7. The van der Waals surface area contributed by atoms with Crippen LogP contribution in [0.15, 0.2) is 35.4 Å². The van der Waals surface area contributed by atoms with E-state index in [1.165, 1.54) is 31.6 Å². The number of carbonyl (C=O) groups excluding carboxylic acids is 1. The lowest BCUT2D eigenvalue weighted by Crippen LogP contribution is -2.06. The third-order valence-corrected chi connectivity index (χ3v) is 3.66. The second-order valence-electron chi connectivity index (χ2n) is 5.53. The van der Waals surface area contributed by atoms with Crippen molar-refractivity contribution in [3.8, 4) is 0 Å². The van der Waals surface area contributed by atoms with Crippen molar-refractivity contribution in [2.75, 3.05) is 12.8 Å². The quantitative estimate of drug-likeness (QED) is 0.478. The number of rotatable bonds is 1. The highest BCUT2D eigenvalue weighted by Crippen LogP contribution is 2.18. The summed E-state index contributed by atoms with van der Waals surface area (Å²) in [7, 11) is 1.25. The Balaban J connectivity index is 0.000000486. The van der Waals surface area contributed by atoms with Gasteiger partial charge in [0.05, 0.1) is 29.9 Å². The first-order valence-electron chi connectivity index (χ1n) is 7.52. The lowest BCUT2D eigenvalue weighted by molar-refractivity contribution is 0.0602. The smallest absolute Gasteiger partial charge is 0.339 e. The number of aryl methyl sites for hydroxylation is 2. The van der Waals surface area contributed by atoms with Crippen LogP contribution in [-0.4, -0.2) is 23.0 Å². The molecule has 0 bridgehead atoms. The van der Waals surface area contributed by atoms with Crippen molar-refractivity contribution in [1.82, 2.24) is 9.97 Å². The number of hydrogen-bond acceptors (Lipinski definition) is 5. The van der Waals surface area contributed by atoms with Crippen LogP contribution in [0.4, 0.5) is 14.5 Å². The van der Waals surface area contributed by atoms with Crippen LogP contribution in [0.2, 0.25) is 0 Å². The molecule has 28 heavy (non-hydrogen) atoms. The van der Waals surface area contributed by atoms with Crippen molar-refractivity contribution in [3.63, 3.8) is 0 Å². The molecule has 0 aliphatic heterocycles. The van der Waals surface area contributed by atoms with E-state index in [1.54, 1.807) is 13.8 Å². The van der Waals surface area contributed by atoms with Gasteiger partial charge in [0.25, 0.3) is 5.56 Å². The molecule has 8 heteroatoms. The third kappa shape index (κ3) is 5.35. The molecule has 0 saturated carbocycles. The van der Waals surface area contributed by atoms with Gasteiger partial charge in [-0.2, -0.15) is 0 Å². The second-order valence-corrected chi connectivity index (χ2v) is 5.53. The van der Waals surface area contributed by atoms with E-state index in [0.29, 0.717) is 22.0 Å².